The third kappa shape index (κ3) is 4.75. The van der Waals surface area contributed by atoms with Crippen molar-refractivity contribution in [3.63, 3.8) is 0 Å². The van der Waals surface area contributed by atoms with Crippen molar-refractivity contribution >= 4 is 17.3 Å². The van der Waals surface area contributed by atoms with Gasteiger partial charge < -0.3 is 10.6 Å². The lowest BCUT2D eigenvalue weighted by atomic mass is 10.2. The molecule has 1 aliphatic heterocycles. The van der Waals surface area contributed by atoms with E-state index in [0.29, 0.717) is 5.69 Å². The fourth-order valence-electron chi connectivity index (χ4n) is 3.52. The largest absolute Gasteiger partial charge is 0.355 e. The number of hydrogen-bond acceptors (Lipinski definition) is 4. The smallest absolute Gasteiger partial charge is 0.270 e. The number of hydrogen-bond donors (Lipinski definition) is 2. The standard InChI is InChI=1S/C23H24N4O/c28-23(22-15-20(11-13-24-22)25-19-9-5-2-6-10-19)26-21-12-14-27(17-21)16-18-7-3-1-4-8-18/h1-11,13,15,21H,12,14,16-17H2,(H,24,25)(H,26,28). The Hall–Kier alpha value is -3.18. The molecule has 0 spiro atoms. The van der Waals surface area contributed by atoms with E-state index in [9.17, 15) is 4.79 Å². The number of aromatic nitrogens is 1. The van der Waals surface area contributed by atoms with Crippen molar-refractivity contribution in [2.45, 2.75) is 19.0 Å². The van der Waals surface area contributed by atoms with E-state index in [1.165, 1.54) is 5.56 Å². The SMILES string of the molecule is O=C(NC1CCN(Cc2ccccc2)C1)c1cc(Nc2ccccc2)ccn1. The maximum atomic E-state index is 12.7. The van der Waals surface area contributed by atoms with Gasteiger partial charge in [-0.15, -0.1) is 0 Å². The van der Waals surface area contributed by atoms with E-state index in [2.05, 4.69) is 44.8 Å². The molecule has 2 N–H and O–H groups in total. The summed E-state index contributed by atoms with van der Waals surface area (Å²) < 4.78 is 0. The Morgan fingerprint density at radius 3 is 2.54 bits per heavy atom. The van der Waals surface area contributed by atoms with Gasteiger partial charge in [0, 0.05) is 43.2 Å². The summed E-state index contributed by atoms with van der Waals surface area (Å²) in [5, 5.41) is 6.43. The predicted octanol–water partition coefficient (Wildman–Crippen LogP) is 3.83. The molecule has 5 heteroatoms. The highest BCUT2D eigenvalue weighted by Crippen LogP contribution is 2.17. The Morgan fingerprint density at radius 1 is 1.00 bits per heavy atom. The highest BCUT2D eigenvalue weighted by atomic mass is 16.1. The van der Waals surface area contributed by atoms with Crippen molar-refractivity contribution in [3.8, 4) is 0 Å². The molecule has 2 aromatic carbocycles. The molecule has 1 unspecified atom stereocenters. The van der Waals surface area contributed by atoms with Crippen LogP contribution in [0, 0.1) is 0 Å². The van der Waals surface area contributed by atoms with Crippen LogP contribution in [0.15, 0.2) is 79.0 Å². The number of anilines is 2. The van der Waals surface area contributed by atoms with Crippen molar-refractivity contribution in [1.29, 1.82) is 0 Å². The first-order valence-corrected chi connectivity index (χ1v) is 9.61. The maximum Gasteiger partial charge on any atom is 0.270 e. The summed E-state index contributed by atoms with van der Waals surface area (Å²) in [6.07, 6.45) is 2.62. The van der Waals surface area contributed by atoms with Crippen molar-refractivity contribution in [1.82, 2.24) is 15.2 Å². The quantitative estimate of drug-likeness (QED) is 0.690. The van der Waals surface area contributed by atoms with Crippen LogP contribution in [0.25, 0.3) is 0 Å². The van der Waals surface area contributed by atoms with Gasteiger partial charge in [-0.25, -0.2) is 0 Å². The van der Waals surface area contributed by atoms with Gasteiger partial charge in [-0.05, 0) is 36.2 Å². The van der Waals surface area contributed by atoms with Crippen LogP contribution in [-0.2, 0) is 6.54 Å². The van der Waals surface area contributed by atoms with E-state index in [4.69, 9.17) is 0 Å². The third-order valence-corrected chi connectivity index (χ3v) is 4.91. The van der Waals surface area contributed by atoms with Crippen LogP contribution >= 0.6 is 0 Å². The van der Waals surface area contributed by atoms with Gasteiger partial charge in [0.1, 0.15) is 5.69 Å². The summed E-state index contributed by atoms with van der Waals surface area (Å²) >= 11 is 0. The van der Waals surface area contributed by atoms with Crippen molar-refractivity contribution in [2.75, 3.05) is 18.4 Å². The van der Waals surface area contributed by atoms with Gasteiger partial charge in [0.05, 0.1) is 0 Å². The van der Waals surface area contributed by atoms with E-state index in [0.717, 1.165) is 37.4 Å². The van der Waals surface area contributed by atoms with Crippen LogP contribution in [0.3, 0.4) is 0 Å². The molecule has 0 aliphatic carbocycles. The number of nitrogens with one attached hydrogen (secondary N) is 2. The second kappa shape index (κ2) is 8.67. The molecular formula is C23H24N4O. The van der Waals surface area contributed by atoms with E-state index < -0.39 is 0 Å². The monoisotopic (exact) mass is 372 g/mol. The number of pyridine rings is 1. The number of likely N-dealkylation sites (tertiary alicyclic amines) is 1. The molecule has 5 nitrogen and oxygen atoms in total. The minimum atomic E-state index is -0.122. The van der Waals surface area contributed by atoms with Crippen LogP contribution in [-0.4, -0.2) is 34.9 Å². The molecule has 28 heavy (non-hydrogen) atoms. The number of carbonyl (C=O) groups is 1. The van der Waals surface area contributed by atoms with E-state index >= 15 is 0 Å². The number of rotatable bonds is 6. The summed E-state index contributed by atoms with van der Waals surface area (Å²) in [6.45, 7) is 2.77. The predicted molar refractivity (Wildman–Crippen MR) is 112 cm³/mol. The van der Waals surface area contributed by atoms with E-state index in [1.54, 1.807) is 12.3 Å². The molecule has 1 fully saturated rings. The average Bonchev–Trinajstić information content (AvgIpc) is 3.16. The van der Waals surface area contributed by atoms with Crippen LogP contribution < -0.4 is 10.6 Å². The lowest BCUT2D eigenvalue weighted by Crippen LogP contribution is -2.37. The average molecular weight is 372 g/mol. The van der Waals surface area contributed by atoms with Crippen molar-refractivity contribution in [2.24, 2.45) is 0 Å². The zero-order chi connectivity index (χ0) is 19.2. The molecule has 4 rings (SSSR count). The zero-order valence-electron chi connectivity index (χ0n) is 15.7. The van der Waals surface area contributed by atoms with Crippen LogP contribution in [0.1, 0.15) is 22.5 Å². The molecular weight excluding hydrogens is 348 g/mol. The van der Waals surface area contributed by atoms with Gasteiger partial charge in [0.2, 0.25) is 0 Å². The second-order valence-electron chi connectivity index (χ2n) is 7.10. The van der Waals surface area contributed by atoms with Gasteiger partial charge in [0.15, 0.2) is 0 Å². The van der Waals surface area contributed by atoms with Gasteiger partial charge in [-0.3, -0.25) is 14.7 Å². The fraction of sp³-hybridized carbons (Fsp3) is 0.217. The normalized spacial score (nSPS) is 16.6. The molecule has 0 saturated carbocycles. The molecule has 1 aliphatic rings. The first-order chi connectivity index (χ1) is 13.8. The summed E-state index contributed by atoms with van der Waals surface area (Å²) in [7, 11) is 0. The Morgan fingerprint density at radius 2 is 1.75 bits per heavy atom. The second-order valence-corrected chi connectivity index (χ2v) is 7.10. The highest BCUT2D eigenvalue weighted by Gasteiger charge is 2.24. The molecule has 0 bridgehead atoms. The summed E-state index contributed by atoms with van der Waals surface area (Å²) in [4.78, 5) is 19.3. The minimum absolute atomic E-state index is 0.122. The van der Waals surface area contributed by atoms with Crippen molar-refractivity contribution < 1.29 is 4.79 Å². The number of para-hydroxylation sites is 1. The topological polar surface area (TPSA) is 57.3 Å². The molecule has 1 amide bonds. The highest BCUT2D eigenvalue weighted by molar-refractivity contribution is 5.93. The molecule has 0 radical (unpaired) electrons. The fourth-order valence-corrected chi connectivity index (χ4v) is 3.52. The summed E-state index contributed by atoms with van der Waals surface area (Å²) in [5.41, 5.74) is 3.56. The Balaban J connectivity index is 1.33. The third-order valence-electron chi connectivity index (χ3n) is 4.91. The van der Waals surface area contributed by atoms with E-state index in [-0.39, 0.29) is 11.9 Å². The van der Waals surface area contributed by atoms with Crippen molar-refractivity contribution in [3.05, 3.63) is 90.3 Å². The molecule has 2 heterocycles. The van der Waals surface area contributed by atoms with Crippen LogP contribution in [0.5, 0.6) is 0 Å². The zero-order valence-corrected chi connectivity index (χ0v) is 15.7. The van der Waals surface area contributed by atoms with E-state index in [1.807, 2.05) is 42.5 Å². The maximum absolute atomic E-state index is 12.7. The lowest BCUT2D eigenvalue weighted by molar-refractivity contribution is 0.0932. The summed E-state index contributed by atoms with van der Waals surface area (Å²) in [6, 6.07) is 24.1. The Bertz CT molecular complexity index is 914. The molecule has 142 valence electrons. The Labute approximate surface area is 165 Å². The van der Waals surface area contributed by atoms with Gasteiger partial charge in [-0.2, -0.15) is 0 Å². The number of benzene rings is 2. The number of amides is 1. The molecule has 1 saturated heterocycles. The van der Waals surface area contributed by atoms with Crippen LogP contribution in [0.4, 0.5) is 11.4 Å². The lowest BCUT2D eigenvalue weighted by Gasteiger charge is -2.17. The molecule has 1 aromatic heterocycles. The number of nitrogens with zero attached hydrogens (tertiary/aromatic N) is 2. The number of carbonyl (C=O) groups excluding carboxylic acids is 1. The molecule has 3 aromatic rings. The Kier molecular flexibility index (Phi) is 5.64. The first-order valence-electron chi connectivity index (χ1n) is 9.61. The summed E-state index contributed by atoms with van der Waals surface area (Å²) in [5.74, 6) is -0.122. The molecule has 1 atom stereocenters. The van der Waals surface area contributed by atoms with Gasteiger partial charge >= 0.3 is 0 Å². The first kappa shape index (κ1) is 18.2. The van der Waals surface area contributed by atoms with Crippen LogP contribution in [0.2, 0.25) is 0 Å². The minimum Gasteiger partial charge on any atom is -0.355 e. The van der Waals surface area contributed by atoms with Gasteiger partial charge in [0.25, 0.3) is 5.91 Å². The van der Waals surface area contributed by atoms with Gasteiger partial charge in [-0.1, -0.05) is 48.5 Å².